The third-order valence-electron chi connectivity index (χ3n) is 9.35. The van der Waals surface area contributed by atoms with E-state index in [1.54, 1.807) is 16.7 Å². The number of fused-ring (bicyclic) bond motifs is 2. The summed E-state index contributed by atoms with van der Waals surface area (Å²) in [6.07, 6.45) is 8.71. The van der Waals surface area contributed by atoms with Gasteiger partial charge in [0, 0.05) is 51.1 Å². The highest BCUT2D eigenvalue weighted by Gasteiger charge is 2.71. The van der Waals surface area contributed by atoms with Gasteiger partial charge in [-0.25, -0.2) is 0 Å². The first-order valence-electron chi connectivity index (χ1n) is 14.8. The minimum atomic E-state index is -0.866. The van der Waals surface area contributed by atoms with Crippen LogP contribution >= 0.6 is 11.8 Å². The van der Waals surface area contributed by atoms with Gasteiger partial charge < -0.3 is 24.5 Å². The fourth-order valence-electron chi connectivity index (χ4n) is 7.22. The molecular formula is C31H40N4O5S. The van der Waals surface area contributed by atoms with Gasteiger partial charge in [0.25, 0.3) is 0 Å². The summed E-state index contributed by atoms with van der Waals surface area (Å²) < 4.78 is 4.61. The monoisotopic (exact) mass is 580 g/mol. The van der Waals surface area contributed by atoms with Crippen LogP contribution in [0.4, 0.5) is 0 Å². The van der Waals surface area contributed by atoms with E-state index in [0.717, 1.165) is 25.2 Å². The number of thioether (sulfide) groups is 1. The van der Waals surface area contributed by atoms with Crippen LogP contribution in [-0.2, 0) is 25.7 Å². The Morgan fingerprint density at radius 2 is 1.76 bits per heavy atom. The van der Waals surface area contributed by atoms with Crippen molar-refractivity contribution in [1.82, 2.24) is 19.6 Å². The molecule has 1 N–H and O–H groups in total. The zero-order valence-corrected chi connectivity index (χ0v) is 24.5. The number of carbonyl (C=O) groups is 3. The highest BCUT2D eigenvalue weighted by molar-refractivity contribution is 8.02. The minimum Gasteiger partial charge on any atom is -0.394 e. The molecule has 6 atom stereocenters. The number of amides is 3. The van der Waals surface area contributed by atoms with E-state index in [4.69, 9.17) is 4.74 Å². The van der Waals surface area contributed by atoms with Crippen molar-refractivity contribution in [1.29, 1.82) is 0 Å². The Morgan fingerprint density at radius 3 is 2.49 bits per heavy atom. The lowest BCUT2D eigenvalue weighted by atomic mass is 9.78. The molecule has 0 aliphatic carbocycles. The number of rotatable bonds is 8. The van der Waals surface area contributed by atoms with E-state index in [0.29, 0.717) is 45.8 Å². The summed E-state index contributed by atoms with van der Waals surface area (Å²) in [6.45, 7) is 7.49. The van der Waals surface area contributed by atoms with Gasteiger partial charge in [-0.15, -0.1) is 11.8 Å². The van der Waals surface area contributed by atoms with E-state index in [1.807, 2.05) is 59.2 Å². The second-order valence-electron chi connectivity index (χ2n) is 11.6. The van der Waals surface area contributed by atoms with E-state index in [2.05, 4.69) is 17.1 Å². The number of hydrogen-bond donors (Lipinski definition) is 1. The molecule has 6 rings (SSSR count). The van der Waals surface area contributed by atoms with Crippen LogP contribution in [0.5, 0.6) is 0 Å². The number of aliphatic hydroxyl groups is 1. The molecule has 5 aliphatic heterocycles. The molecule has 1 aromatic rings. The SMILES string of the molecule is CC[C@@H](CO)N1C(=O)[C@@H]2[C@H]3C(=O)N(Cc4ccccc4)CC=C[C@H]3S[C@@]23C=CCN(CCN2CCOCC2)C(=O)C13. The van der Waals surface area contributed by atoms with Gasteiger partial charge in [-0.1, -0.05) is 61.6 Å². The van der Waals surface area contributed by atoms with Crippen molar-refractivity contribution in [3.63, 3.8) is 0 Å². The second-order valence-corrected chi connectivity index (χ2v) is 13.1. The second kappa shape index (κ2) is 11.9. The van der Waals surface area contributed by atoms with Crippen LogP contribution in [0.15, 0.2) is 54.6 Å². The maximum absolute atomic E-state index is 14.4. The van der Waals surface area contributed by atoms with Crippen molar-refractivity contribution >= 4 is 29.5 Å². The molecule has 10 heteroatoms. The van der Waals surface area contributed by atoms with Crippen molar-refractivity contribution < 1.29 is 24.2 Å². The highest BCUT2D eigenvalue weighted by Crippen LogP contribution is 2.61. The van der Waals surface area contributed by atoms with Gasteiger partial charge in [0.15, 0.2) is 0 Å². The highest BCUT2D eigenvalue weighted by atomic mass is 32.2. The fraction of sp³-hybridized carbons (Fsp3) is 0.581. The Morgan fingerprint density at radius 1 is 1.00 bits per heavy atom. The van der Waals surface area contributed by atoms with Gasteiger partial charge in [0.1, 0.15) is 6.04 Å². The van der Waals surface area contributed by atoms with Gasteiger partial charge in [0.05, 0.1) is 42.4 Å². The maximum atomic E-state index is 14.4. The van der Waals surface area contributed by atoms with Crippen LogP contribution in [-0.4, -0.2) is 124 Å². The summed E-state index contributed by atoms with van der Waals surface area (Å²) in [4.78, 5) is 50.7. The smallest absolute Gasteiger partial charge is 0.247 e. The molecule has 3 saturated heterocycles. The van der Waals surface area contributed by atoms with Crippen molar-refractivity contribution in [2.24, 2.45) is 11.8 Å². The lowest BCUT2D eigenvalue weighted by Gasteiger charge is -2.38. The summed E-state index contributed by atoms with van der Waals surface area (Å²) >= 11 is 1.59. The average molecular weight is 581 g/mol. The van der Waals surface area contributed by atoms with E-state index in [1.165, 1.54) is 0 Å². The van der Waals surface area contributed by atoms with Gasteiger partial charge in [-0.05, 0) is 12.0 Å². The van der Waals surface area contributed by atoms with Gasteiger partial charge in [0.2, 0.25) is 17.7 Å². The van der Waals surface area contributed by atoms with E-state index >= 15 is 0 Å². The van der Waals surface area contributed by atoms with E-state index < -0.39 is 28.7 Å². The Labute approximate surface area is 246 Å². The molecule has 9 nitrogen and oxygen atoms in total. The van der Waals surface area contributed by atoms with Crippen molar-refractivity contribution in [3.8, 4) is 0 Å². The number of morpholine rings is 1. The fourth-order valence-corrected chi connectivity index (χ4v) is 9.21. The summed E-state index contributed by atoms with van der Waals surface area (Å²) in [6, 6.07) is 8.65. The largest absolute Gasteiger partial charge is 0.394 e. The lowest BCUT2D eigenvalue weighted by Crippen LogP contribution is -2.57. The Kier molecular flexibility index (Phi) is 8.27. The number of aliphatic hydroxyl groups excluding tert-OH is 1. The number of ether oxygens (including phenoxy) is 1. The molecule has 3 fully saturated rings. The van der Waals surface area contributed by atoms with Crippen LogP contribution in [0.3, 0.4) is 0 Å². The van der Waals surface area contributed by atoms with Crippen LogP contribution in [0.1, 0.15) is 18.9 Å². The Balaban J connectivity index is 1.33. The van der Waals surface area contributed by atoms with Crippen molar-refractivity contribution in [2.75, 3.05) is 59.1 Å². The van der Waals surface area contributed by atoms with Gasteiger partial charge in [-0.3, -0.25) is 19.3 Å². The number of likely N-dealkylation sites (tertiary alicyclic amines) is 1. The summed E-state index contributed by atoms with van der Waals surface area (Å²) in [5, 5.41) is 10.1. The first-order chi connectivity index (χ1) is 20.0. The average Bonchev–Trinajstić information content (AvgIpc) is 3.32. The third kappa shape index (κ3) is 5.02. The van der Waals surface area contributed by atoms with Crippen LogP contribution in [0, 0.1) is 11.8 Å². The molecule has 0 radical (unpaired) electrons. The van der Waals surface area contributed by atoms with E-state index in [-0.39, 0.29) is 29.6 Å². The molecule has 0 saturated carbocycles. The molecule has 0 bridgehead atoms. The van der Waals surface area contributed by atoms with Crippen LogP contribution in [0.2, 0.25) is 0 Å². The Bertz CT molecular complexity index is 1200. The molecule has 5 heterocycles. The zero-order valence-electron chi connectivity index (χ0n) is 23.6. The van der Waals surface area contributed by atoms with Crippen molar-refractivity contribution in [2.45, 2.75) is 42.0 Å². The molecule has 41 heavy (non-hydrogen) atoms. The molecule has 5 aliphatic rings. The number of carbonyl (C=O) groups excluding carboxylic acids is 3. The summed E-state index contributed by atoms with van der Waals surface area (Å²) in [7, 11) is 0. The molecule has 220 valence electrons. The predicted molar refractivity (Wildman–Crippen MR) is 157 cm³/mol. The first kappa shape index (κ1) is 28.5. The van der Waals surface area contributed by atoms with Crippen LogP contribution in [0.25, 0.3) is 0 Å². The molecule has 1 spiro atoms. The number of hydrogen-bond acceptors (Lipinski definition) is 7. The molecule has 1 unspecified atom stereocenters. The minimum absolute atomic E-state index is 0.0431. The first-order valence-corrected chi connectivity index (χ1v) is 15.7. The van der Waals surface area contributed by atoms with Crippen LogP contribution < -0.4 is 0 Å². The molecular weight excluding hydrogens is 540 g/mol. The standard InChI is InChI=1S/C31H40N4O5S/c1-2-23(21-36)35-27-30(39)33(15-14-32-16-18-40-19-17-32)13-7-11-31(27)26(29(35)38)25-24(41-31)10-6-12-34(28(25)37)20-22-8-4-3-5-9-22/h3-11,23-27,36H,2,12-21H2,1H3/t23-,24+,25-,26-,27?,31-/m0/s1. The molecule has 3 amide bonds. The quantitative estimate of drug-likeness (QED) is 0.465. The normalized spacial score (nSPS) is 32.5. The number of benzene rings is 1. The topological polar surface area (TPSA) is 93.6 Å². The molecule has 1 aromatic carbocycles. The predicted octanol–water partition coefficient (Wildman–Crippen LogP) is 1.38. The lowest BCUT2D eigenvalue weighted by molar-refractivity contribution is -0.147. The third-order valence-corrected chi connectivity index (χ3v) is 11.1. The number of nitrogens with zero attached hydrogens (tertiary/aromatic N) is 4. The molecule has 0 aromatic heterocycles. The Hall–Kier alpha value is -2.66. The van der Waals surface area contributed by atoms with Gasteiger partial charge >= 0.3 is 0 Å². The summed E-state index contributed by atoms with van der Waals surface area (Å²) in [5.41, 5.74) is 1.04. The van der Waals surface area contributed by atoms with E-state index in [9.17, 15) is 19.5 Å². The zero-order chi connectivity index (χ0) is 28.6. The summed E-state index contributed by atoms with van der Waals surface area (Å²) in [5.74, 6) is -1.56. The van der Waals surface area contributed by atoms with Crippen molar-refractivity contribution in [3.05, 3.63) is 60.2 Å². The maximum Gasteiger partial charge on any atom is 0.247 e. The van der Waals surface area contributed by atoms with Gasteiger partial charge in [-0.2, -0.15) is 0 Å².